The van der Waals surface area contributed by atoms with Gasteiger partial charge in [0.15, 0.2) is 0 Å². The Bertz CT molecular complexity index is 535. The monoisotopic (exact) mass is 286 g/mol. The minimum Gasteiger partial charge on any atom is -0.489 e. The third-order valence-electron chi connectivity index (χ3n) is 2.74. The molecule has 2 aromatic carbocycles. The lowest BCUT2D eigenvalue weighted by Gasteiger charge is -2.09. The lowest BCUT2D eigenvalue weighted by molar-refractivity contribution is 0.304. The van der Waals surface area contributed by atoms with Crippen LogP contribution < -0.4 is 9.47 Å². The van der Waals surface area contributed by atoms with Crippen LogP contribution >= 0.6 is 12.6 Å². The van der Waals surface area contributed by atoms with Crippen molar-refractivity contribution in [3.63, 3.8) is 0 Å². The van der Waals surface area contributed by atoms with Gasteiger partial charge in [-0.3, -0.25) is 0 Å². The van der Waals surface area contributed by atoms with E-state index in [1.807, 2.05) is 54.6 Å². The molecule has 0 spiro atoms. The molecule has 20 heavy (non-hydrogen) atoms. The first-order valence-corrected chi connectivity index (χ1v) is 7.08. The van der Waals surface area contributed by atoms with Crippen LogP contribution in [0.5, 0.6) is 11.5 Å². The fourth-order valence-electron chi connectivity index (χ4n) is 1.60. The summed E-state index contributed by atoms with van der Waals surface area (Å²) in [6, 6.07) is 17.7. The van der Waals surface area contributed by atoms with E-state index in [2.05, 4.69) is 19.2 Å². The first-order valence-electron chi connectivity index (χ1n) is 6.45. The number of benzene rings is 2. The fraction of sp³-hybridized carbons (Fsp3) is 0.176. The topological polar surface area (TPSA) is 18.5 Å². The highest BCUT2D eigenvalue weighted by molar-refractivity contribution is 7.80. The SMILES string of the molecule is C=C(CS)COc1ccc(OCc2ccccc2)cc1. The Balaban J connectivity index is 1.84. The highest BCUT2D eigenvalue weighted by Crippen LogP contribution is 2.19. The summed E-state index contributed by atoms with van der Waals surface area (Å²) in [5.74, 6) is 2.27. The maximum absolute atomic E-state index is 5.71. The molecular weight excluding hydrogens is 268 g/mol. The van der Waals surface area contributed by atoms with Gasteiger partial charge in [0.05, 0.1) is 0 Å². The van der Waals surface area contributed by atoms with Gasteiger partial charge in [-0.1, -0.05) is 36.9 Å². The maximum atomic E-state index is 5.71. The maximum Gasteiger partial charge on any atom is 0.120 e. The third-order valence-corrected chi connectivity index (χ3v) is 3.19. The minimum absolute atomic E-state index is 0.494. The van der Waals surface area contributed by atoms with Gasteiger partial charge in [0, 0.05) is 5.75 Å². The first kappa shape index (κ1) is 14.5. The predicted molar refractivity (Wildman–Crippen MR) is 85.7 cm³/mol. The van der Waals surface area contributed by atoms with Crippen LogP contribution in [-0.4, -0.2) is 12.4 Å². The Kier molecular flexibility index (Phi) is 5.56. The van der Waals surface area contributed by atoms with Gasteiger partial charge in [-0.05, 0) is 35.4 Å². The number of hydrogen-bond acceptors (Lipinski definition) is 3. The molecule has 0 N–H and O–H groups in total. The van der Waals surface area contributed by atoms with E-state index in [0.29, 0.717) is 19.0 Å². The van der Waals surface area contributed by atoms with E-state index in [1.165, 1.54) is 0 Å². The van der Waals surface area contributed by atoms with Gasteiger partial charge in [0.2, 0.25) is 0 Å². The molecule has 0 bridgehead atoms. The van der Waals surface area contributed by atoms with Crippen LogP contribution in [0.15, 0.2) is 66.7 Å². The van der Waals surface area contributed by atoms with Crippen molar-refractivity contribution < 1.29 is 9.47 Å². The van der Waals surface area contributed by atoms with Gasteiger partial charge in [-0.15, -0.1) is 0 Å². The molecule has 0 saturated heterocycles. The summed E-state index contributed by atoms with van der Waals surface area (Å²) in [5, 5.41) is 0. The number of hydrogen-bond donors (Lipinski definition) is 1. The summed E-state index contributed by atoms with van der Waals surface area (Å²) in [7, 11) is 0. The van der Waals surface area contributed by atoms with Crippen molar-refractivity contribution in [2.45, 2.75) is 6.61 Å². The lowest BCUT2D eigenvalue weighted by Crippen LogP contribution is -2.01. The van der Waals surface area contributed by atoms with E-state index in [-0.39, 0.29) is 0 Å². The van der Waals surface area contributed by atoms with Gasteiger partial charge in [0.1, 0.15) is 24.7 Å². The molecule has 0 unspecified atom stereocenters. The number of rotatable bonds is 7. The Morgan fingerprint density at radius 3 is 2.10 bits per heavy atom. The molecule has 0 aliphatic heterocycles. The molecule has 0 radical (unpaired) electrons. The lowest BCUT2D eigenvalue weighted by atomic mass is 10.2. The van der Waals surface area contributed by atoms with Gasteiger partial charge in [0.25, 0.3) is 0 Å². The van der Waals surface area contributed by atoms with E-state index in [0.717, 1.165) is 22.6 Å². The largest absolute Gasteiger partial charge is 0.489 e. The molecule has 0 aliphatic rings. The molecule has 0 atom stereocenters. The van der Waals surface area contributed by atoms with Crippen LogP contribution in [-0.2, 0) is 6.61 Å². The molecular formula is C17H18O2S. The first-order chi connectivity index (χ1) is 9.78. The van der Waals surface area contributed by atoms with Gasteiger partial charge >= 0.3 is 0 Å². The van der Waals surface area contributed by atoms with Crippen LogP contribution in [0.2, 0.25) is 0 Å². The number of thiol groups is 1. The average molecular weight is 286 g/mol. The van der Waals surface area contributed by atoms with Crippen molar-refractivity contribution >= 4 is 12.6 Å². The van der Waals surface area contributed by atoms with Crippen molar-refractivity contribution in [1.82, 2.24) is 0 Å². The standard InChI is InChI=1S/C17H18O2S/c1-14(13-20)11-18-16-7-9-17(10-8-16)19-12-15-5-3-2-4-6-15/h2-10,20H,1,11-13H2. The molecule has 0 amide bonds. The average Bonchev–Trinajstić information content (AvgIpc) is 2.52. The summed E-state index contributed by atoms with van der Waals surface area (Å²) in [4.78, 5) is 0. The molecule has 0 saturated carbocycles. The van der Waals surface area contributed by atoms with E-state index < -0.39 is 0 Å². The molecule has 2 nitrogen and oxygen atoms in total. The number of ether oxygens (including phenoxy) is 2. The summed E-state index contributed by atoms with van der Waals surface area (Å²) in [5.41, 5.74) is 2.11. The van der Waals surface area contributed by atoms with E-state index >= 15 is 0 Å². The fourth-order valence-corrected chi connectivity index (χ4v) is 1.70. The second-order valence-electron chi connectivity index (χ2n) is 4.44. The Morgan fingerprint density at radius 1 is 0.900 bits per heavy atom. The highest BCUT2D eigenvalue weighted by Gasteiger charge is 1.98. The summed E-state index contributed by atoms with van der Waals surface area (Å²) in [6.07, 6.45) is 0. The van der Waals surface area contributed by atoms with Crippen molar-refractivity contribution in [2.24, 2.45) is 0 Å². The molecule has 0 fully saturated rings. The normalized spacial score (nSPS) is 10.1. The smallest absolute Gasteiger partial charge is 0.120 e. The zero-order valence-electron chi connectivity index (χ0n) is 11.3. The van der Waals surface area contributed by atoms with Crippen LogP contribution in [0.1, 0.15) is 5.56 Å². The zero-order valence-corrected chi connectivity index (χ0v) is 12.2. The third kappa shape index (κ3) is 4.67. The molecule has 104 valence electrons. The van der Waals surface area contributed by atoms with Crippen molar-refractivity contribution in [3.05, 3.63) is 72.3 Å². The Hall–Kier alpha value is -1.87. The van der Waals surface area contributed by atoms with Gasteiger partial charge in [-0.2, -0.15) is 12.6 Å². The van der Waals surface area contributed by atoms with Crippen LogP contribution in [0.25, 0.3) is 0 Å². The minimum atomic E-state index is 0.494. The zero-order chi connectivity index (χ0) is 14.2. The van der Waals surface area contributed by atoms with Crippen molar-refractivity contribution in [1.29, 1.82) is 0 Å². The van der Waals surface area contributed by atoms with Crippen molar-refractivity contribution in [3.8, 4) is 11.5 Å². The molecule has 0 aromatic heterocycles. The van der Waals surface area contributed by atoms with Crippen molar-refractivity contribution in [2.75, 3.05) is 12.4 Å². The molecule has 3 heteroatoms. The Labute approximate surface area is 125 Å². The van der Waals surface area contributed by atoms with Crippen LogP contribution in [0.4, 0.5) is 0 Å². The van der Waals surface area contributed by atoms with Gasteiger partial charge in [-0.25, -0.2) is 0 Å². The van der Waals surface area contributed by atoms with Gasteiger partial charge < -0.3 is 9.47 Å². The van der Waals surface area contributed by atoms with Crippen LogP contribution in [0, 0.1) is 0 Å². The molecule has 2 aromatic rings. The second kappa shape index (κ2) is 7.65. The molecule has 0 heterocycles. The summed E-state index contributed by atoms with van der Waals surface area (Å²) < 4.78 is 11.3. The summed E-state index contributed by atoms with van der Waals surface area (Å²) >= 11 is 4.14. The predicted octanol–water partition coefficient (Wildman–Crippen LogP) is 4.13. The molecule has 0 aliphatic carbocycles. The van der Waals surface area contributed by atoms with E-state index in [4.69, 9.17) is 9.47 Å². The van der Waals surface area contributed by atoms with E-state index in [1.54, 1.807) is 0 Å². The highest BCUT2D eigenvalue weighted by atomic mass is 32.1. The molecule has 2 rings (SSSR count). The second-order valence-corrected chi connectivity index (χ2v) is 4.76. The Morgan fingerprint density at radius 2 is 1.50 bits per heavy atom. The summed E-state index contributed by atoms with van der Waals surface area (Å²) in [6.45, 7) is 4.90. The van der Waals surface area contributed by atoms with Crippen LogP contribution in [0.3, 0.4) is 0 Å². The van der Waals surface area contributed by atoms with E-state index in [9.17, 15) is 0 Å². The quantitative estimate of drug-likeness (QED) is 0.609.